The number of nitrogens with one attached hydrogen (secondary N) is 2. The van der Waals surface area contributed by atoms with E-state index in [1.165, 1.54) is 10.4 Å². The first-order chi connectivity index (χ1) is 11.6. The molecule has 0 aromatic carbocycles. The molecule has 2 aromatic heterocycles. The summed E-state index contributed by atoms with van der Waals surface area (Å²) >= 11 is 1.76. The molecule has 0 fully saturated rings. The Morgan fingerprint density at radius 3 is 2.71 bits per heavy atom. The van der Waals surface area contributed by atoms with Crippen LogP contribution in [0.25, 0.3) is 0 Å². The van der Waals surface area contributed by atoms with Crippen molar-refractivity contribution < 1.29 is 4.74 Å². The van der Waals surface area contributed by atoms with Crippen LogP contribution in [0.1, 0.15) is 36.8 Å². The Morgan fingerprint density at radius 2 is 2.12 bits per heavy atom. The van der Waals surface area contributed by atoms with Gasteiger partial charge in [-0.2, -0.15) is 0 Å². The number of aromatic nitrogens is 1. The predicted molar refractivity (Wildman–Crippen MR) is 101 cm³/mol. The maximum atomic E-state index is 5.55. The van der Waals surface area contributed by atoms with E-state index in [2.05, 4.69) is 45.9 Å². The van der Waals surface area contributed by atoms with Gasteiger partial charge in [-0.3, -0.25) is 0 Å². The fourth-order valence-corrected chi connectivity index (χ4v) is 2.92. The average molecular weight is 347 g/mol. The van der Waals surface area contributed by atoms with Crippen molar-refractivity contribution in [2.24, 2.45) is 4.99 Å². The second-order valence-electron chi connectivity index (χ2n) is 5.75. The number of ether oxygens (including phenoxy) is 1. The van der Waals surface area contributed by atoms with Gasteiger partial charge < -0.3 is 15.4 Å². The molecular formula is C18H26N4OS. The summed E-state index contributed by atoms with van der Waals surface area (Å²) in [5.41, 5.74) is 2.36. The van der Waals surface area contributed by atoms with Gasteiger partial charge in [0.25, 0.3) is 0 Å². The Hall–Kier alpha value is -2.08. The molecule has 0 unspecified atom stereocenters. The summed E-state index contributed by atoms with van der Waals surface area (Å²) in [7, 11) is 0. The molecule has 6 heteroatoms. The Kier molecular flexibility index (Phi) is 7.06. The highest BCUT2D eigenvalue weighted by atomic mass is 32.1. The molecule has 0 atom stereocenters. The SMILES string of the molecule is CCNC(=NCc1ccc(OC(C)C)nc1)NCc1sccc1C. The molecule has 0 bridgehead atoms. The summed E-state index contributed by atoms with van der Waals surface area (Å²) in [6.07, 6.45) is 1.94. The number of hydrogen-bond donors (Lipinski definition) is 2. The van der Waals surface area contributed by atoms with Gasteiger partial charge in [-0.25, -0.2) is 9.98 Å². The van der Waals surface area contributed by atoms with E-state index in [0.29, 0.717) is 12.4 Å². The van der Waals surface area contributed by atoms with Gasteiger partial charge in [0.05, 0.1) is 19.2 Å². The van der Waals surface area contributed by atoms with Crippen molar-refractivity contribution in [3.8, 4) is 5.88 Å². The first-order valence-electron chi connectivity index (χ1n) is 8.25. The summed E-state index contributed by atoms with van der Waals surface area (Å²) in [6.45, 7) is 10.4. The van der Waals surface area contributed by atoms with Crippen molar-refractivity contribution in [2.45, 2.75) is 46.9 Å². The van der Waals surface area contributed by atoms with Crippen LogP contribution in [0.15, 0.2) is 34.8 Å². The van der Waals surface area contributed by atoms with Gasteiger partial charge in [0.2, 0.25) is 5.88 Å². The van der Waals surface area contributed by atoms with E-state index in [1.54, 1.807) is 11.3 Å². The van der Waals surface area contributed by atoms with E-state index in [9.17, 15) is 0 Å². The summed E-state index contributed by atoms with van der Waals surface area (Å²) in [5.74, 6) is 1.46. The van der Waals surface area contributed by atoms with Gasteiger partial charge in [-0.1, -0.05) is 6.07 Å². The fourth-order valence-electron chi connectivity index (χ4n) is 2.08. The second-order valence-corrected chi connectivity index (χ2v) is 6.75. The van der Waals surface area contributed by atoms with Crippen LogP contribution in [0.4, 0.5) is 0 Å². The first kappa shape index (κ1) is 18.3. The van der Waals surface area contributed by atoms with E-state index in [1.807, 2.05) is 32.2 Å². The summed E-state index contributed by atoms with van der Waals surface area (Å²) in [6, 6.07) is 6.03. The normalized spacial score (nSPS) is 11.6. The maximum absolute atomic E-state index is 5.55. The molecule has 130 valence electrons. The van der Waals surface area contributed by atoms with Crippen LogP contribution >= 0.6 is 11.3 Å². The monoisotopic (exact) mass is 346 g/mol. The Labute approximate surface area is 148 Å². The van der Waals surface area contributed by atoms with Crippen molar-refractivity contribution in [3.63, 3.8) is 0 Å². The average Bonchev–Trinajstić information content (AvgIpc) is 2.96. The number of aryl methyl sites for hydroxylation is 1. The van der Waals surface area contributed by atoms with E-state index in [-0.39, 0.29) is 6.10 Å². The molecule has 2 rings (SSSR count). The second kappa shape index (κ2) is 9.27. The molecule has 0 aliphatic heterocycles. The van der Waals surface area contributed by atoms with Crippen LogP contribution in [0.5, 0.6) is 5.88 Å². The minimum absolute atomic E-state index is 0.131. The molecule has 0 amide bonds. The maximum Gasteiger partial charge on any atom is 0.213 e. The highest BCUT2D eigenvalue weighted by molar-refractivity contribution is 7.10. The highest BCUT2D eigenvalue weighted by Crippen LogP contribution is 2.14. The van der Waals surface area contributed by atoms with Crippen LogP contribution in [0.2, 0.25) is 0 Å². The highest BCUT2D eigenvalue weighted by Gasteiger charge is 2.03. The Balaban J connectivity index is 1.93. The molecule has 0 saturated carbocycles. The number of pyridine rings is 1. The van der Waals surface area contributed by atoms with Crippen molar-refractivity contribution in [2.75, 3.05) is 6.54 Å². The molecule has 0 aliphatic carbocycles. The van der Waals surface area contributed by atoms with E-state index in [4.69, 9.17) is 4.74 Å². The van der Waals surface area contributed by atoms with Gasteiger partial charge >= 0.3 is 0 Å². The summed E-state index contributed by atoms with van der Waals surface area (Å²) in [5, 5.41) is 8.76. The lowest BCUT2D eigenvalue weighted by Gasteiger charge is -2.11. The third-order valence-corrected chi connectivity index (χ3v) is 4.33. The van der Waals surface area contributed by atoms with Crippen LogP contribution in [0, 0.1) is 6.92 Å². The van der Waals surface area contributed by atoms with E-state index in [0.717, 1.165) is 24.6 Å². The van der Waals surface area contributed by atoms with E-state index >= 15 is 0 Å². The molecule has 2 N–H and O–H groups in total. The standard InChI is InChI=1S/C18H26N4OS/c1-5-19-18(22-12-16-14(4)8-9-24-16)21-11-15-6-7-17(20-10-15)23-13(2)3/h6-10,13H,5,11-12H2,1-4H3,(H2,19,21,22). The largest absolute Gasteiger partial charge is 0.475 e. The topological polar surface area (TPSA) is 58.5 Å². The number of guanidine groups is 1. The van der Waals surface area contributed by atoms with Gasteiger partial charge in [-0.15, -0.1) is 11.3 Å². The molecule has 0 radical (unpaired) electrons. The van der Waals surface area contributed by atoms with Gasteiger partial charge in [0, 0.05) is 23.7 Å². The Bertz CT molecular complexity index is 649. The summed E-state index contributed by atoms with van der Waals surface area (Å²) in [4.78, 5) is 10.3. The number of rotatable bonds is 7. The van der Waals surface area contributed by atoms with Crippen molar-refractivity contribution in [3.05, 3.63) is 45.8 Å². The van der Waals surface area contributed by atoms with Crippen LogP contribution in [0.3, 0.4) is 0 Å². The number of aliphatic imine (C=N–C) groups is 1. The van der Waals surface area contributed by atoms with Gasteiger partial charge in [0.1, 0.15) is 0 Å². The molecule has 2 heterocycles. The minimum atomic E-state index is 0.131. The zero-order chi connectivity index (χ0) is 17.4. The fraction of sp³-hybridized carbons (Fsp3) is 0.444. The Morgan fingerprint density at radius 1 is 1.29 bits per heavy atom. The van der Waals surface area contributed by atoms with Crippen molar-refractivity contribution in [1.82, 2.24) is 15.6 Å². The lowest BCUT2D eigenvalue weighted by Crippen LogP contribution is -2.36. The minimum Gasteiger partial charge on any atom is -0.475 e. The molecule has 0 saturated heterocycles. The lowest BCUT2D eigenvalue weighted by atomic mass is 10.3. The molecular weight excluding hydrogens is 320 g/mol. The van der Waals surface area contributed by atoms with Gasteiger partial charge in [-0.05, 0) is 50.3 Å². The predicted octanol–water partition coefficient (Wildman–Crippen LogP) is 3.49. The molecule has 0 aliphatic rings. The first-order valence-corrected chi connectivity index (χ1v) is 9.13. The van der Waals surface area contributed by atoms with Crippen molar-refractivity contribution >= 4 is 17.3 Å². The smallest absolute Gasteiger partial charge is 0.213 e. The summed E-state index contributed by atoms with van der Waals surface area (Å²) < 4.78 is 5.55. The van der Waals surface area contributed by atoms with Crippen LogP contribution < -0.4 is 15.4 Å². The number of thiophene rings is 1. The zero-order valence-electron chi connectivity index (χ0n) is 14.8. The number of hydrogen-bond acceptors (Lipinski definition) is 4. The third-order valence-electron chi connectivity index (χ3n) is 3.30. The molecule has 2 aromatic rings. The molecule has 24 heavy (non-hydrogen) atoms. The molecule has 5 nitrogen and oxygen atoms in total. The quantitative estimate of drug-likeness (QED) is 0.595. The van der Waals surface area contributed by atoms with Crippen LogP contribution in [-0.2, 0) is 13.1 Å². The van der Waals surface area contributed by atoms with Crippen LogP contribution in [-0.4, -0.2) is 23.6 Å². The molecule has 0 spiro atoms. The van der Waals surface area contributed by atoms with Gasteiger partial charge in [0.15, 0.2) is 5.96 Å². The van der Waals surface area contributed by atoms with Crippen molar-refractivity contribution in [1.29, 1.82) is 0 Å². The van der Waals surface area contributed by atoms with E-state index < -0.39 is 0 Å². The third kappa shape index (κ3) is 5.85. The number of nitrogens with zero attached hydrogens (tertiary/aromatic N) is 2. The zero-order valence-corrected chi connectivity index (χ0v) is 15.6. The lowest BCUT2D eigenvalue weighted by molar-refractivity contribution is 0.232.